The Morgan fingerprint density at radius 2 is 2.07 bits per heavy atom. The minimum Gasteiger partial charge on any atom is -0.368 e. The van der Waals surface area contributed by atoms with Crippen LogP contribution in [0, 0.1) is 12.7 Å². The van der Waals surface area contributed by atoms with Gasteiger partial charge in [-0.05, 0) is 30.7 Å². The quantitative estimate of drug-likeness (QED) is 0.754. The molecule has 0 aliphatic carbocycles. The first-order valence-corrected chi connectivity index (χ1v) is 4.15. The van der Waals surface area contributed by atoms with Gasteiger partial charge in [-0.15, -0.1) is 0 Å². The van der Waals surface area contributed by atoms with Gasteiger partial charge in [0.05, 0.1) is 0 Å². The van der Waals surface area contributed by atoms with Gasteiger partial charge in [0, 0.05) is 11.6 Å². The second-order valence-corrected chi connectivity index (χ2v) is 3.13. The van der Waals surface area contributed by atoms with Gasteiger partial charge in [0.1, 0.15) is 11.5 Å². The molecule has 0 saturated carbocycles. The SMILES string of the molecule is Cc1cc(F)cc(-c2cc(N)on2)c1. The molecule has 1 aromatic carbocycles. The Morgan fingerprint density at radius 3 is 2.64 bits per heavy atom. The number of nitrogens with two attached hydrogens (primary N) is 1. The zero-order valence-electron chi connectivity index (χ0n) is 7.62. The van der Waals surface area contributed by atoms with E-state index in [1.54, 1.807) is 6.07 Å². The van der Waals surface area contributed by atoms with Gasteiger partial charge in [-0.3, -0.25) is 0 Å². The van der Waals surface area contributed by atoms with Crippen LogP contribution in [-0.4, -0.2) is 5.16 Å². The highest BCUT2D eigenvalue weighted by molar-refractivity contribution is 5.61. The van der Waals surface area contributed by atoms with Crippen molar-refractivity contribution in [2.24, 2.45) is 0 Å². The lowest BCUT2D eigenvalue weighted by Crippen LogP contribution is -1.83. The normalized spacial score (nSPS) is 10.4. The number of halogens is 1. The maximum Gasteiger partial charge on any atom is 0.222 e. The van der Waals surface area contributed by atoms with Crippen LogP contribution in [0.5, 0.6) is 0 Å². The highest BCUT2D eigenvalue weighted by Crippen LogP contribution is 2.22. The minimum atomic E-state index is -0.290. The molecule has 0 aliphatic heterocycles. The summed E-state index contributed by atoms with van der Waals surface area (Å²) >= 11 is 0. The van der Waals surface area contributed by atoms with E-state index in [-0.39, 0.29) is 11.7 Å². The van der Waals surface area contributed by atoms with E-state index >= 15 is 0 Å². The van der Waals surface area contributed by atoms with E-state index in [9.17, 15) is 4.39 Å². The van der Waals surface area contributed by atoms with Gasteiger partial charge in [-0.2, -0.15) is 0 Å². The summed E-state index contributed by atoms with van der Waals surface area (Å²) < 4.78 is 17.7. The molecule has 0 unspecified atom stereocenters. The van der Waals surface area contributed by atoms with E-state index < -0.39 is 0 Å². The van der Waals surface area contributed by atoms with Crippen LogP contribution >= 0.6 is 0 Å². The molecule has 1 heterocycles. The average Bonchev–Trinajstić information content (AvgIpc) is 2.50. The molecule has 0 bridgehead atoms. The van der Waals surface area contributed by atoms with Gasteiger partial charge in [0.15, 0.2) is 0 Å². The number of benzene rings is 1. The van der Waals surface area contributed by atoms with Gasteiger partial charge < -0.3 is 10.3 Å². The van der Waals surface area contributed by atoms with Crippen LogP contribution in [0.25, 0.3) is 11.3 Å². The predicted molar refractivity (Wildman–Crippen MR) is 51.0 cm³/mol. The summed E-state index contributed by atoms with van der Waals surface area (Å²) in [5, 5.41) is 3.70. The third kappa shape index (κ3) is 1.59. The summed E-state index contributed by atoms with van der Waals surface area (Å²) in [7, 11) is 0. The lowest BCUT2D eigenvalue weighted by molar-refractivity contribution is 0.439. The van der Waals surface area contributed by atoms with Crippen molar-refractivity contribution < 1.29 is 8.91 Å². The van der Waals surface area contributed by atoms with E-state index in [0.717, 1.165) is 5.56 Å². The summed E-state index contributed by atoms with van der Waals surface area (Å²) in [6.45, 7) is 1.82. The fourth-order valence-corrected chi connectivity index (χ4v) is 1.31. The van der Waals surface area contributed by atoms with Crippen molar-refractivity contribution in [3.8, 4) is 11.3 Å². The van der Waals surface area contributed by atoms with Gasteiger partial charge >= 0.3 is 0 Å². The molecule has 2 rings (SSSR count). The fourth-order valence-electron chi connectivity index (χ4n) is 1.31. The number of aromatic nitrogens is 1. The second-order valence-electron chi connectivity index (χ2n) is 3.13. The van der Waals surface area contributed by atoms with Crippen molar-refractivity contribution in [1.82, 2.24) is 5.16 Å². The smallest absolute Gasteiger partial charge is 0.222 e. The molecular formula is C10H9FN2O. The third-order valence-corrected chi connectivity index (χ3v) is 1.87. The zero-order valence-corrected chi connectivity index (χ0v) is 7.62. The summed E-state index contributed by atoms with van der Waals surface area (Å²) in [6.07, 6.45) is 0. The van der Waals surface area contributed by atoms with Gasteiger partial charge in [-0.1, -0.05) is 5.16 Å². The topological polar surface area (TPSA) is 52.0 Å². The Kier molecular flexibility index (Phi) is 1.96. The molecule has 72 valence electrons. The van der Waals surface area contributed by atoms with Gasteiger partial charge in [-0.25, -0.2) is 4.39 Å². The number of nitrogens with zero attached hydrogens (tertiary/aromatic N) is 1. The molecule has 3 nitrogen and oxygen atoms in total. The largest absolute Gasteiger partial charge is 0.368 e. The summed E-state index contributed by atoms with van der Waals surface area (Å²) in [5.74, 6) is -0.0662. The molecule has 14 heavy (non-hydrogen) atoms. The highest BCUT2D eigenvalue weighted by atomic mass is 19.1. The molecule has 0 amide bonds. The number of rotatable bonds is 1. The van der Waals surface area contributed by atoms with Crippen LogP contribution in [0.1, 0.15) is 5.56 Å². The lowest BCUT2D eigenvalue weighted by Gasteiger charge is -1.98. The molecule has 0 spiro atoms. The van der Waals surface area contributed by atoms with E-state index in [0.29, 0.717) is 11.3 Å². The number of nitrogen functional groups attached to an aromatic ring is 1. The molecule has 0 fully saturated rings. The summed E-state index contributed by atoms with van der Waals surface area (Å²) in [4.78, 5) is 0. The molecule has 0 aliphatic rings. The Labute approximate surface area is 80.3 Å². The third-order valence-electron chi connectivity index (χ3n) is 1.87. The maximum absolute atomic E-state index is 13.0. The van der Waals surface area contributed by atoms with Crippen LogP contribution in [0.4, 0.5) is 10.3 Å². The van der Waals surface area contributed by atoms with Crippen LogP contribution < -0.4 is 5.73 Å². The van der Waals surface area contributed by atoms with Crippen molar-refractivity contribution in [2.45, 2.75) is 6.92 Å². The Bertz CT molecular complexity index is 445. The van der Waals surface area contributed by atoms with Crippen LogP contribution in [0.15, 0.2) is 28.8 Å². The Morgan fingerprint density at radius 1 is 1.29 bits per heavy atom. The summed E-state index contributed by atoms with van der Waals surface area (Å²) in [6, 6.07) is 6.23. The molecule has 2 N–H and O–H groups in total. The lowest BCUT2D eigenvalue weighted by atomic mass is 10.1. The number of hydrogen-bond donors (Lipinski definition) is 1. The molecule has 2 aromatic rings. The molecular weight excluding hydrogens is 183 g/mol. The maximum atomic E-state index is 13.0. The fraction of sp³-hybridized carbons (Fsp3) is 0.100. The first-order valence-electron chi connectivity index (χ1n) is 4.15. The first-order chi connectivity index (χ1) is 6.65. The average molecular weight is 192 g/mol. The monoisotopic (exact) mass is 192 g/mol. The molecule has 0 atom stereocenters. The van der Waals surface area contributed by atoms with Crippen molar-refractivity contribution in [1.29, 1.82) is 0 Å². The van der Waals surface area contributed by atoms with Crippen LogP contribution in [0.2, 0.25) is 0 Å². The van der Waals surface area contributed by atoms with Crippen LogP contribution in [-0.2, 0) is 0 Å². The predicted octanol–water partition coefficient (Wildman–Crippen LogP) is 2.37. The molecule has 4 heteroatoms. The number of anilines is 1. The van der Waals surface area contributed by atoms with E-state index in [1.807, 2.05) is 13.0 Å². The van der Waals surface area contributed by atoms with Crippen LogP contribution in [0.3, 0.4) is 0 Å². The first kappa shape index (κ1) is 8.74. The molecule has 0 radical (unpaired) electrons. The van der Waals surface area contributed by atoms with E-state index in [4.69, 9.17) is 10.3 Å². The molecule has 1 aromatic heterocycles. The van der Waals surface area contributed by atoms with Crippen molar-refractivity contribution in [3.63, 3.8) is 0 Å². The Balaban J connectivity index is 2.51. The summed E-state index contributed by atoms with van der Waals surface area (Å²) in [5.41, 5.74) is 7.42. The number of hydrogen-bond acceptors (Lipinski definition) is 3. The van der Waals surface area contributed by atoms with Crippen molar-refractivity contribution in [3.05, 3.63) is 35.6 Å². The van der Waals surface area contributed by atoms with E-state index in [2.05, 4.69) is 5.16 Å². The Hall–Kier alpha value is -1.84. The number of aryl methyl sites for hydroxylation is 1. The zero-order chi connectivity index (χ0) is 10.1. The standard InChI is InChI=1S/C10H9FN2O/c1-6-2-7(4-8(11)3-6)9-5-10(12)14-13-9/h2-5H,12H2,1H3. The van der Waals surface area contributed by atoms with Gasteiger partial charge in [0.25, 0.3) is 0 Å². The van der Waals surface area contributed by atoms with Gasteiger partial charge in [0.2, 0.25) is 5.88 Å². The highest BCUT2D eigenvalue weighted by Gasteiger charge is 2.05. The van der Waals surface area contributed by atoms with E-state index in [1.165, 1.54) is 12.1 Å². The minimum absolute atomic E-state index is 0.224. The van der Waals surface area contributed by atoms with Crippen molar-refractivity contribution in [2.75, 3.05) is 5.73 Å². The second kappa shape index (κ2) is 3.14. The van der Waals surface area contributed by atoms with Crippen molar-refractivity contribution >= 4 is 5.88 Å². The molecule has 0 saturated heterocycles.